The second-order valence-electron chi connectivity index (χ2n) is 8.46. The zero-order valence-corrected chi connectivity index (χ0v) is 18.3. The zero-order valence-electron chi connectivity index (χ0n) is 18.3. The van der Waals surface area contributed by atoms with Gasteiger partial charge in [0, 0.05) is 24.7 Å². The van der Waals surface area contributed by atoms with Gasteiger partial charge in [-0.2, -0.15) is 4.39 Å². The Morgan fingerprint density at radius 2 is 1.97 bits per heavy atom. The van der Waals surface area contributed by atoms with Crippen LogP contribution in [0.1, 0.15) is 53.6 Å². The molecule has 4 rings (SSSR count). The molecule has 0 saturated heterocycles. The molecule has 2 aromatic heterocycles. The Hall–Kier alpha value is -3.42. The Bertz CT molecular complexity index is 1180. The van der Waals surface area contributed by atoms with Gasteiger partial charge in [-0.15, -0.1) is 0 Å². The predicted molar refractivity (Wildman–Crippen MR) is 118 cm³/mol. The van der Waals surface area contributed by atoms with Gasteiger partial charge in [-0.25, -0.2) is 19.3 Å². The summed E-state index contributed by atoms with van der Waals surface area (Å²) in [5.74, 6) is -0.918. The topological polar surface area (TPSA) is 85.0 Å². The van der Waals surface area contributed by atoms with Crippen LogP contribution >= 0.6 is 0 Å². The third-order valence-electron chi connectivity index (χ3n) is 5.79. The molecule has 0 unspecified atom stereocenters. The highest BCUT2D eigenvalue weighted by Gasteiger charge is 2.37. The van der Waals surface area contributed by atoms with E-state index in [9.17, 15) is 13.6 Å². The number of amides is 1. The highest BCUT2D eigenvalue weighted by molar-refractivity contribution is 5.98. The molecule has 2 N–H and O–H groups in total. The molecule has 1 aliphatic rings. The van der Waals surface area contributed by atoms with Crippen molar-refractivity contribution in [2.75, 3.05) is 12.3 Å². The summed E-state index contributed by atoms with van der Waals surface area (Å²) in [6, 6.07) is 6.92. The summed E-state index contributed by atoms with van der Waals surface area (Å²) in [5, 5.41) is 0. The smallest absolute Gasteiger partial charge is 0.258 e. The number of fused-ring (bicyclic) bond motifs is 1. The van der Waals surface area contributed by atoms with E-state index in [1.54, 1.807) is 30.0 Å². The SMILES string of the molecule is Cc1nc(N)nc2c1C(=O)N(CCC(C)C)[C@@H](c1ccc(F)cc1-c1cccnc1F)C2. The summed E-state index contributed by atoms with van der Waals surface area (Å²) >= 11 is 0. The van der Waals surface area contributed by atoms with Crippen LogP contribution in [0.5, 0.6) is 0 Å². The maximum Gasteiger partial charge on any atom is 0.258 e. The van der Waals surface area contributed by atoms with Crippen molar-refractivity contribution in [3.63, 3.8) is 0 Å². The fourth-order valence-electron chi connectivity index (χ4n) is 4.23. The van der Waals surface area contributed by atoms with Gasteiger partial charge in [0.1, 0.15) is 5.82 Å². The second kappa shape index (κ2) is 8.61. The summed E-state index contributed by atoms with van der Waals surface area (Å²) in [5.41, 5.74) is 8.57. The van der Waals surface area contributed by atoms with Crippen LogP contribution in [0.25, 0.3) is 11.1 Å². The highest BCUT2D eigenvalue weighted by Crippen LogP contribution is 2.39. The number of anilines is 1. The first kappa shape index (κ1) is 21.8. The Balaban J connectivity index is 1.89. The molecule has 32 heavy (non-hydrogen) atoms. The fraction of sp³-hybridized carbons (Fsp3) is 0.333. The molecule has 1 aromatic carbocycles. The van der Waals surface area contributed by atoms with E-state index in [1.165, 1.54) is 18.3 Å². The van der Waals surface area contributed by atoms with Crippen LogP contribution in [0.2, 0.25) is 0 Å². The maximum absolute atomic E-state index is 14.6. The average Bonchev–Trinajstić information content (AvgIpc) is 2.72. The number of nitrogen functional groups attached to an aromatic ring is 1. The summed E-state index contributed by atoms with van der Waals surface area (Å²) in [6.45, 7) is 6.41. The molecular weight excluding hydrogens is 412 g/mol. The summed E-state index contributed by atoms with van der Waals surface area (Å²) in [4.78, 5) is 27.5. The van der Waals surface area contributed by atoms with E-state index >= 15 is 0 Å². The Morgan fingerprint density at radius 1 is 1.19 bits per heavy atom. The molecule has 0 spiro atoms. The Labute approximate surface area is 185 Å². The number of aromatic nitrogens is 3. The van der Waals surface area contributed by atoms with E-state index in [-0.39, 0.29) is 17.4 Å². The van der Waals surface area contributed by atoms with Crippen molar-refractivity contribution in [1.82, 2.24) is 19.9 Å². The lowest BCUT2D eigenvalue weighted by molar-refractivity contribution is 0.0633. The molecule has 0 aliphatic carbocycles. The van der Waals surface area contributed by atoms with Crippen molar-refractivity contribution in [1.29, 1.82) is 0 Å². The number of benzene rings is 1. The number of halogens is 2. The van der Waals surface area contributed by atoms with Crippen molar-refractivity contribution < 1.29 is 13.6 Å². The van der Waals surface area contributed by atoms with Gasteiger partial charge >= 0.3 is 0 Å². The van der Waals surface area contributed by atoms with Crippen LogP contribution in [0.4, 0.5) is 14.7 Å². The highest BCUT2D eigenvalue weighted by atomic mass is 19.1. The standard InChI is InChI=1S/C24H25F2N5O/c1-13(2)8-10-31-20(12-19-21(23(31)32)14(3)29-24(27)30-19)16-7-6-15(25)11-18(16)17-5-4-9-28-22(17)26/h4-7,9,11,13,20H,8,10,12H2,1-3H3,(H2,27,29,30)/t20-/m1/s1. The zero-order chi connectivity index (χ0) is 23.0. The lowest BCUT2D eigenvalue weighted by Crippen LogP contribution is -2.42. The number of nitrogens with two attached hydrogens (primary N) is 1. The van der Waals surface area contributed by atoms with Crippen molar-refractivity contribution in [3.8, 4) is 11.1 Å². The van der Waals surface area contributed by atoms with Crippen molar-refractivity contribution in [3.05, 3.63) is 70.8 Å². The van der Waals surface area contributed by atoms with Crippen LogP contribution in [-0.2, 0) is 6.42 Å². The van der Waals surface area contributed by atoms with E-state index < -0.39 is 17.8 Å². The number of carbonyl (C=O) groups is 1. The molecule has 3 heterocycles. The van der Waals surface area contributed by atoms with Crippen LogP contribution < -0.4 is 5.73 Å². The van der Waals surface area contributed by atoms with Gasteiger partial charge in [0.25, 0.3) is 5.91 Å². The lowest BCUT2D eigenvalue weighted by atomic mass is 9.87. The average molecular weight is 437 g/mol. The largest absolute Gasteiger partial charge is 0.368 e. The van der Waals surface area contributed by atoms with E-state index in [4.69, 9.17) is 5.73 Å². The number of nitrogens with zero attached hydrogens (tertiary/aromatic N) is 4. The van der Waals surface area contributed by atoms with Gasteiger partial charge in [0.15, 0.2) is 0 Å². The van der Waals surface area contributed by atoms with E-state index in [2.05, 4.69) is 28.8 Å². The number of carbonyl (C=O) groups excluding carboxylic acids is 1. The molecule has 0 bridgehead atoms. The third-order valence-corrected chi connectivity index (χ3v) is 5.79. The monoisotopic (exact) mass is 437 g/mol. The van der Waals surface area contributed by atoms with Gasteiger partial charge in [0.2, 0.25) is 11.9 Å². The molecule has 1 amide bonds. The molecule has 166 valence electrons. The van der Waals surface area contributed by atoms with Crippen molar-refractivity contribution in [2.24, 2.45) is 5.92 Å². The molecule has 1 aliphatic heterocycles. The predicted octanol–water partition coefficient (Wildman–Crippen LogP) is 4.49. The van der Waals surface area contributed by atoms with Crippen LogP contribution in [0, 0.1) is 24.6 Å². The second-order valence-corrected chi connectivity index (χ2v) is 8.46. The van der Waals surface area contributed by atoms with Crippen molar-refractivity contribution in [2.45, 2.75) is 39.7 Å². The normalized spacial score (nSPS) is 15.9. The molecular formula is C24H25F2N5O. The van der Waals surface area contributed by atoms with Crippen LogP contribution in [0.3, 0.4) is 0 Å². The minimum Gasteiger partial charge on any atom is -0.368 e. The van der Waals surface area contributed by atoms with Crippen LogP contribution in [-0.4, -0.2) is 32.3 Å². The molecule has 0 fully saturated rings. The van der Waals surface area contributed by atoms with Gasteiger partial charge in [-0.3, -0.25) is 4.79 Å². The lowest BCUT2D eigenvalue weighted by Gasteiger charge is -2.38. The van der Waals surface area contributed by atoms with Crippen molar-refractivity contribution >= 4 is 11.9 Å². The number of hydrogen-bond donors (Lipinski definition) is 1. The first-order valence-corrected chi connectivity index (χ1v) is 10.6. The summed E-state index contributed by atoms with van der Waals surface area (Å²) in [6.07, 6.45) is 2.49. The fourth-order valence-corrected chi connectivity index (χ4v) is 4.23. The molecule has 0 saturated carbocycles. The summed E-state index contributed by atoms with van der Waals surface area (Å²) < 4.78 is 28.8. The van der Waals surface area contributed by atoms with E-state index in [1.807, 2.05) is 0 Å². The maximum atomic E-state index is 14.6. The van der Waals surface area contributed by atoms with E-state index in [0.29, 0.717) is 47.0 Å². The first-order chi connectivity index (χ1) is 15.3. The Morgan fingerprint density at radius 3 is 2.69 bits per heavy atom. The molecule has 3 aromatic rings. The van der Waals surface area contributed by atoms with Gasteiger partial charge < -0.3 is 10.6 Å². The molecule has 8 heteroatoms. The minimum absolute atomic E-state index is 0.0982. The number of hydrogen-bond acceptors (Lipinski definition) is 5. The van der Waals surface area contributed by atoms with Crippen LogP contribution in [0.15, 0.2) is 36.5 Å². The molecule has 0 radical (unpaired) electrons. The Kier molecular flexibility index (Phi) is 5.86. The van der Waals surface area contributed by atoms with Gasteiger partial charge in [0.05, 0.1) is 23.0 Å². The minimum atomic E-state index is -0.696. The number of pyridine rings is 1. The van der Waals surface area contributed by atoms with E-state index in [0.717, 1.165) is 6.42 Å². The third kappa shape index (κ3) is 4.04. The summed E-state index contributed by atoms with van der Waals surface area (Å²) in [7, 11) is 0. The number of aryl methyl sites for hydroxylation is 1. The quantitative estimate of drug-likeness (QED) is 0.595. The van der Waals surface area contributed by atoms with Gasteiger partial charge in [-0.05, 0) is 54.7 Å². The molecule has 6 nitrogen and oxygen atoms in total. The molecule has 1 atom stereocenters. The van der Waals surface area contributed by atoms with Gasteiger partial charge in [-0.1, -0.05) is 19.9 Å². The number of rotatable bonds is 5. The first-order valence-electron chi connectivity index (χ1n) is 10.6.